The third kappa shape index (κ3) is 5.20. The zero-order valence-corrected chi connectivity index (χ0v) is 19.5. The first-order valence-corrected chi connectivity index (χ1v) is 11.1. The summed E-state index contributed by atoms with van der Waals surface area (Å²) in [6.45, 7) is 5.99. The van der Waals surface area contributed by atoms with E-state index in [0.29, 0.717) is 34.7 Å². The number of amides is 2. The monoisotopic (exact) mass is 518 g/mol. The standard InChI is InChI=1S/C22H19BrN2O6S/c1-3-9-31-20-16(23)10-14(11-18(20)30-4-2)12-19-21(26)24(22(27)32-19)13-15-7-5-6-8-17(15)25(28)29/h3,5-8,10-12H,1,4,9,13H2,2H3/b19-12+. The van der Waals surface area contributed by atoms with Crippen molar-refractivity contribution < 1.29 is 24.0 Å². The highest BCUT2D eigenvalue weighted by Gasteiger charge is 2.36. The summed E-state index contributed by atoms with van der Waals surface area (Å²) in [5.74, 6) is 0.474. The normalized spacial score (nSPS) is 14.7. The summed E-state index contributed by atoms with van der Waals surface area (Å²) in [6.07, 6.45) is 3.19. The molecular weight excluding hydrogens is 500 g/mol. The quantitative estimate of drug-likeness (QED) is 0.185. The van der Waals surface area contributed by atoms with E-state index in [4.69, 9.17) is 9.47 Å². The van der Waals surface area contributed by atoms with Crippen molar-refractivity contribution in [2.24, 2.45) is 0 Å². The zero-order chi connectivity index (χ0) is 23.3. The molecule has 1 heterocycles. The second-order valence-electron chi connectivity index (χ2n) is 6.52. The van der Waals surface area contributed by atoms with E-state index in [9.17, 15) is 19.7 Å². The lowest BCUT2D eigenvalue weighted by atomic mass is 10.1. The molecule has 1 aliphatic heterocycles. The van der Waals surface area contributed by atoms with Gasteiger partial charge < -0.3 is 9.47 Å². The molecule has 1 saturated heterocycles. The fraction of sp³-hybridized carbons (Fsp3) is 0.182. The summed E-state index contributed by atoms with van der Waals surface area (Å²) in [4.78, 5) is 37.3. The lowest BCUT2D eigenvalue weighted by molar-refractivity contribution is -0.385. The molecule has 2 aromatic rings. The van der Waals surface area contributed by atoms with E-state index < -0.39 is 16.1 Å². The summed E-state index contributed by atoms with van der Waals surface area (Å²) in [7, 11) is 0. The van der Waals surface area contributed by atoms with Gasteiger partial charge in [-0.05, 0) is 58.4 Å². The second kappa shape index (κ2) is 10.5. The van der Waals surface area contributed by atoms with Gasteiger partial charge in [-0.1, -0.05) is 30.9 Å². The number of hydrogen-bond donors (Lipinski definition) is 0. The molecule has 2 aromatic carbocycles. The van der Waals surface area contributed by atoms with Gasteiger partial charge in [0, 0.05) is 11.6 Å². The van der Waals surface area contributed by atoms with Crippen LogP contribution in [0.1, 0.15) is 18.1 Å². The van der Waals surface area contributed by atoms with Crippen LogP contribution in [0.5, 0.6) is 11.5 Å². The van der Waals surface area contributed by atoms with Gasteiger partial charge in [-0.25, -0.2) is 0 Å². The number of halogens is 1. The maximum atomic E-state index is 12.9. The largest absolute Gasteiger partial charge is 0.490 e. The first-order chi connectivity index (χ1) is 15.3. The maximum Gasteiger partial charge on any atom is 0.293 e. The predicted octanol–water partition coefficient (Wildman–Crippen LogP) is 5.56. The average Bonchev–Trinajstić information content (AvgIpc) is 3.01. The predicted molar refractivity (Wildman–Crippen MR) is 126 cm³/mol. The first-order valence-electron chi connectivity index (χ1n) is 9.53. The van der Waals surface area contributed by atoms with E-state index in [-0.39, 0.29) is 22.7 Å². The van der Waals surface area contributed by atoms with Crippen LogP contribution in [0.3, 0.4) is 0 Å². The van der Waals surface area contributed by atoms with Crippen molar-refractivity contribution in [3.05, 3.63) is 79.7 Å². The highest BCUT2D eigenvalue weighted by molar-refractivity contribution is 9.10. The molecule has 0 saturated carbocycles. The van der Waals surface area contributed by atoms with E-state index in [0.717, 1.165) is 16.7 Å². The Hall–Kier alpha value is -3.11. The van der Waals surface area contributed by atoms with Crippen LogP contribution in [-0.4, -0.2) is 34.2 Å². The number of nitro groups is 1. The van der Waals surface area contributed by atoms with E-state index in [1.807, 2.05) is 6.92 Å². The Morgan fingerprint density at radius 3 is 2.69 bits per heavy atom. The lowest BCUT2D eigenvalue weighted by Gasteiger charge is -2.14. The first kappa shape index (κ1) is 23.6. The summed E-state index contributed by atoms with van der Waals surface area (Å²) in [6, 6.07) is 9.48. The molecule has 10 heteroatoms. The van der Waals surface area contributed by atoms with Crippen molar-refractivity contribution in [1.29, 1.82) is 0 Å². The smallest absolute Gasteiger partial charge is 0.293 e. The highest BCUT2D eigenvalue weighted by atomic mass is 79.9. The third-order valence-electron chi connectivity index (χ3n) is 4.37. The van der Waals surface area contributed by atoms with Crippen molar-refractivity contribution in [1.82, 2.24) is 4.90 Å². The number of nitrogens with zero attached hydrogens (tertiary/aromatic N) is 2. The van der Waals surface area contributed by atoms with E-state index in [1.54, 1.807) is 30.4 Å². The second-order valence-corrected chi connectivity index (χ2v) is 8.36. The van der Waals surface area contributed by atoms with Crippen LogP contribution in [-0.2, 0) is 11.3 Å². The molecule has 0 unspecified atom stereocenters. The summed E-state index contributed by atoms with van der Waals surface area (Å²) in [5.41, 5.74) is 0.768. The van der Waals surface area contributed by atoms with E-state index in [2.05, 4.69) is 22.5 Å². The molecule has 0 atom stereocenters. The van der Waals surface area contributed by atoms with Crippen LogP contribution in [0, 0.1) is 10.1 Å². The number of benzene rings is 2. The highest BCUT2D eigenvalue weighted by Crippen LogP contribution is 2.39. The molecule has 0 radical (unpaired) electrons. The van der Waals surface area contributed by atoms with Crippen molar-refractivity contribution in [2.45, 2.75) is 13.5 Å². The summed E-state index contributed by atoms with van der Waals surface area (Å²) in [5, 5.41) is 10.8. The fourth-order valence-corrected chi connectivity index (χ4v) is 4.41. The Balaban J connectivity index is 1.89. The molecule has 1 fully saturated rings. The number of rotatable bonds is 9. The number of ether oxygens (including phenoxy) is 2. The van der Waals surface area contributed by atoms with Crippen LogP contribution < -0.4 is 9.47 Å². The van der Waals surface area contributed by atoms with Crippen LogP contribution >= 0.6 is 27.7 Å². The zero-order valence-electron chi connectivity index (χ0n) is 17.1. The molecule has 0 spiro atoms. The summed E-state index contributed by atoms with van der Waals surface area (Å²) >= 11 is 4.23. The summed E-state index contributed by atoms with van der Waals surface area (Å²) < 4.78 is 11.9. The number of nitro benzene ring substituents is 1. The van der Waals surface area contributed by atoms with Crippen LogP contribution in [0.25, 0.3) is 6.08 Å². The topological polar surface area (TPSA) is 99.0 Å². The number of carbonyl (C=O) groups is 2. The Kier molecular flexibility index (Phi) is 7.70. The van der Waals surface area contributed by atoms with Crippen LogP contribution in [0.15, 0.2) is 58.4 Å². The van der Waals surface area contributed by atoms with Gasteiger partial charge in [0.15, 0.2) is 11.5 Å². The fourth-order valence-electron chi connectivity index (χ4n) is 3.00. The van der Waals surface area contributed by atoms with Crippen LogP contribution in [0.2, 0.25) is 0 Å². The van der Waals surface area contributed by atoms with Gasteiger partial charge in [-0.3, -0.25) is 24.6 Å². The minimum absolute atomic E-state index is 0.143. The van der Waals surface area contributed by atoms with Gasteiger partial charge in [-0.2, -0.15) is 0 Å². The molecule has 1 aliphatic rings. The Morgan fingerprint density at radius 2 is 2.00 bits per heavy atom. The Morgan fingerprint density at radius 1 is 1.25 bits per heavy atom. The minimum atomic E-state index is -0.535. The van der Waals surface area contributed by atoms with Crippen LogP contribution in [0.4, 0.5) is 10.5 Å². The number of thioether (sulfide) groups is 1. The van der Waals surface area contributed by atoms with Gasteiger partial charge in [0.25, 0.3) is 16.8 Å². The average molecular weight is 519 g/mol. The number of hydrogen-bond acceptors (Lipinski definition) is 7. The van der Waals surface area contributed by atoms with Gasteiger partial charge in [0.05, 0.1) is 27.5 Å². The van der Waals surface area contributed by atoms with Gasteiger partial charge in [-0.15, -0.1) is 0 Å². The van der Waals surface area contributed by atoms with Gasteiger partial charge >= 0.3 is 0 Å². The molecule has 2 amide bonds. The molecule has 166 valence electrons. The minimum Gasteiger partial charge on any atom is -0.490 e. The lowest BCUT2D eigenvalue weighted by Crippen LogP contribution is -2.27. The number of imide groups is 1. The number of para-hydroxylation sites is 1. The Bertz CT molecular complexity index is 1120. The maximum absolute atomic E-state index is 12.9. The van der Waals surface area contributed by atoms with Crippen molar-refractivity contribution in [2.75, 3.05) is 13.2 Å². The molecular formula is C22H19BrN2O6S. The van der Waals surface area contributed by atoms with E-state index in [1.165, 1.54) is 18.2 Å². The molecule has 0 aliphatic carbocycles. The molecule has 0 bridgehead atoms. The van der Waals surface area contributed by atoms with Crippen molar-refractivity contribution in [3.8, 4) is 11.5 Å². The molecule has 0 N–H and O–H groups in total. The van der Waals surface area contributed by atoms with Crippen molar-refractivity contribution in [3.63, 3.8) is 0 Å². The SMILES string of the molecule is C=CCOc1c(Br)cc(/C=C2/SC(=O)N(Cc3ccccc3[N+](=O)[O-])C2=O)cc1OCC. The van der Waals surface area contributed by atoms with E-state index >= 15 is 0 Å². The Labute approximate surface area is 197 Å². The molecule has 32 heavy (non-hydrogen) atoms. The van der Waals surface area contributed by atoms with Gasteiger partial charge in [0.1, 0.15) is 6.61 Å². The third-order valence-corrected chi connectivity index (χ3v) is 5.86. The number of carbonyl (C=O) groups excluding carboxylic acids is 2. The van der Waals surface area contributed by atoms with Gasteiger partial charge in [0.2, 0.25) is 0 Å². The molecule has 0 aromatic heterocycles. The van der Waals surface area contributed by atoms with Crippen molar-refractivity contribution >= 4 is 50.6 Å². The molecule has 3 rings (SSSR count). The molecule has 8 nitrogen and oxygen atoms in total.